The Morgan fingerprint density at radius 3 is 2.31 bits per heavy atom. The number of halogens is 3. The fraction of sp³-hybridized carbons (Fsp3) is 0.174. The van der Waals surface area contributed by atoms with Crippen molar-refractivity contribution in [1.29, 1.82) is 5.26 Å². The van der Waals surface area contributed by atoms with Gasteiger partial charge in [0.05, 0.1) is 11.6 Å². The average molecular weight is 445 g/mol. The fourth-order valence-electron chi connectivity index (χ4n) is 3.73. The highest BCUT2D eigenvalue weighted by atomic mass is 35.6. The van der Waals surface area contributed by atoms with Gasteiger partial charge in [-0.15, -0.1) is 0 Å². The minimum Gasteiger partial charge on any atom is -0.456 e. The summed E-state index contributed by atoms with van der Waals surface area (Å²) < 4.78 is 3.69. The lowest BCUT2D eigenvalue weighted by molar-refractivity contribution is -0.166. The maximum Gasteiger partial charge on any atom is 0.256 e. The van der Waals surface area contributed by atoms with Crippen LogP contribution >= 0.6 is 34.8 Å². The Morgan fingerprint density at radius 2 is 1.62 bits per heavy atom. The first kappa shape index (κ1) is 20.1. The van der Waals surface area contributed by atoms with Crippen LogP contribution in [-0.4, -0.2) is 14.7 Å². The van der Waals surface area contributed by atoms with Gasteiger partial charge in [0.25, 0.3) is 9.58 Å². The maximum absolute atomic E-state index is 11.2. The van der Waals surface area contributed by atoms with Gasteiger partial charge in [-0.3, -0.25) is 0 Å². The number of hydrogen-bond acceptors (Lipinski definition) is 3. The molecule has 6 heteroatoms. The zero-order valence-corrected chi connectivity index (χ0v) is 17.4. The van der Waals surface area contributed by atoms with Crippen molar-refractivity contribution in [3.63, 3.8) is 0 Å². The van der Waals surface area contributed by atoms with Crippen molar-refractivity contribution in [3.8, 4) is 6.07 Å². The molecule has 0 bridgehead atoms. The number of aliphatic hydroxyl groups is 1. The molecule has 29 heavy (non-hydrogen) atoms. The van der Waals surface area contributed by atoms with E-state index in [2.05, 4.69) is 6.07 Å². The lowest BCUT2D eigenvalue weighted by atomic mass is 9.80. The predicted molar refractivity (Wildman–Crippen MR) is 117 cm³/mol. The van der Waals surface area contributed by atoms with Crippen LogP contribution in [0.25, 0.3) is 16.5 Å². The number of alkyl halides is 3. The molecule has 1 aliphatic rings. The zero-order chi connectivity index (χ0) is 20.6. The van der Waals surface area contributed by atoms with Gasteiger partial charge in [0.1, 0.15) is 5.76 Å². The predicted octanol–water partition coefficient (Wildman–Crippen LogP) is 6.34. The Balaban J connectivity index is 1.99. The highest BCUT2D eigenvalue weighted by molar-refractivity contribution is 6.68. The van der Waals surface area contributed by atoms with E-state index in [1.54, 1.807) is 12.1 Å². The molecule has 4 rings (SSSR count). The summed E-state index contributed by atoms with van der Waals surface area (Å²) >= 11 is 18.4. The molecule has 1 aliphatic heterocycles. The maximum atomic E-state index is 11.2. The molecule has 0 saturated carbocycles. The third kappa shape index (κ3) is 3.58. The molecule has 0 unspecified atom stereocenters. The molecule has 0 amide bonds. The highest BCUT2D eigenvalue weighted by Crippen LogP contribution is 2.53. The van der Waals surface area contributed by atoms with Crippen molar-refractivity contribution < 1.29 is 9.84 Å². The average Bonchev–Trinajstić information content (AvgIpc) is 2.72. The summed E-state index contributed by atoms with van der Waals surface area (Å²) in [5, 5.41) is 23.2. The smallest absolute Gasteiger partial charge is 0.256 e. The lowest BCUT2D eigenvalue weighted by Gasteiger charge is -2.42. The van der Waals surface area contributed by atoms with E-state index >= 15 is 0 Å². The van der Waals surface area contributed by atoms with Crippen molar-refractivity contribution in [2.75, 3.05) is 0 Å². The van der Waals surface area contributed by atoms with Crippen molar-refractivity contribution in [1.82, 2.24) is 0 Å². The standard InChI is InChI=1S/C23H16Cl3NO2/c24-23(25,26)22(28)13-19(18-12-6-10-15-7-4-5-11-17(15)18)20(14-27)21(29-22)16-8-2-1-3-9-16/h1-12,19,28H,13H2/t19-,22+/m1/s1. The molecule has 3 aromatic carbocycles. The largest absolute Gasteiger partial charge is 0.456 e. The molecule has 1 heterocycles. The second-order valence-electron chi connectivity index (χ2n) is 6.93. The normalized spacial score (nSPS) is 22.2. The van der Waals surface area contributed by atoms with Gasteiger partial charge in [-0.1, -0.05) is 108 Å². The molecular weight excluding hydrogens is 429 g/mol. The van der Waals surface area contributed by atoms with Crippen molar-refractivity contribution in [3.05, 3.63) is 89.5 Å². The molecule has 3 aromatic rings. The monoisotopic (exact) mass is 443 g/mol. The molecule has 0 aliphatic carbocycles. The molecule has 146 valence electrons. The first-order valence-electron chi connectivity index (χ1n) is 8.99. The molecule has 2 atom stereocenters. The van der Waals surface area contributed by atoms with Crippen LogP contribution in [0, 0.1) is 11.3 Å². The lowest BCUT2D eigenvalue weighted by Crippen LogP contribution is -2.48. The van der Waals surface area contributed by atoms with Crippen LogP contribution in [0.4, 0.5) is 0 Å². The molecule has 1 N–H and O–H groups in total. The SMILES string of the molecule is N#CC1=C(c2ccccc2)O[C@](O)(C(Cl)(Cl)Cl)C[C@@H]1c1cccc2ccccc12. The number of nitriles is 1. The summed E-state index contributed by atoms with van der Waals surface area (Å²) in [5.41, 5.74) is 1.87. The molecule has 0 spiro atoms. The van der Waals surface area contributed by atoms with Crippen molar-refractivity contribution in [2.45, 2.75) is 21.9 Å². The van der Waals surface area contributed by atoms with Gasteiger partial charge in [0.15, 0.2) is 0 Å². The van der Waals surface area contributed by atoms with E-state index < -0.39 is 15.5 Å². The Bertz CT molecular complexity index is 1130. The summed E-state index contributed by atoms with van der Waals surface area (Å²) in [6.45, 7) is 0. The van der Waals surface area contributed by atoms with E-state index in [0.717, 1.165) is 16.3 Å². The number of allylic oxidation sites excluding steroid dienone is 1. The minimum atomic E-state index is -2.11. The van der Waals surface area contributed by atoms with Crippen LogP contribution in [0.2, 0.25) is 0 Å². The summed E-state index contributed by atoms with van der Waals surface area (Å²) in [4.78, 5) is 0. The van der Waals surface area contributed by atoms with Crippen LogP contribution in [0.5, 0.6) is 0 Å². The Labute approximate surface area is 183 Å². The summed E-state index contributed by atoms with van der Waals surface area (Å²) in [6.07, 6.45) is -0.0727. The summed E-state index contributed by atoms with van der Waals surface area (Å²) in [5.74, 6) is -2.41. The van der Waals surface area contributed by atoms with E-state index in [1.807, 2.05) is 60.7 Å². The molecule has 0 saturated heterocycles. The van der Waals surface area contributed by atoms with E-state index in [1.165, 1.54) is 0 Å². The second-order valence-corrected chi connectivity index (χ2v) is 9.21. The van der Waals surface area contributed by atoms with Gasteiger partial charge < -0.3 is 9.84 Å². The van der Waals surface area contributed by atoms with Crippen LogP contribution in [0.1, 0.15) is 23.5 Å². The molecule has 3 nitrogen and oxygen atoms in total. The number of rotatable bonds is 2. The number of nitrogens with zero attached hydrogens (tertiary/aromatic N) is 1. The van der Waals surface area contributed by atoms with Gasteiger partial charge in [0, 0.05) is 17.9 Å². The van der Waals surface area contributed by atoms with Gasteiger partial charge in [-0.05, 0) is 16.3 Å². The van der Waals surface area contributed by atoms with E-state index in [9.17, 15) is 10.4 Å². The molecule has 0 radical (unpaired) electrons. The van der Waals surface area contributed by atoms with Crippen LogP contribution in [0.15, 0.2) is 78.4 Å². The first-order chi connectivity index (χ1) is 13.8. The fourth-order valence-corrected chi connectivity index (χ4v) is 4.08. The molecule has 0 aromatic heterocycles. The number of ether oxygens (including phenoxy) is 1. The Hall–Kier alpha value is -2.22. The third-order valence-electron chi connectivity index (χ3n) is 5.14. The van der Waals surface area contributed by atoms with Crippen LogP contribution in [-0.2, 0) is 4.74 Å². The molecule has 0 fully saturated rings. The van der Waals surface area contributed by atoms with Gasteiger partial charge in [-0.25, -0.2) is 0 Å². The number of hydrogen-bond donors (Lipinski definition) is 1. The molecular formula is C23H16Cl3NO2. The van der Waals surface area contributed by atoms with Crippen LogP contribution in [0.3, 0.4) is 0 Å². The number of fused-ring (bicyclic) bond motifs is 1. The van der Waals surface area contributed by atoms with Crippen LogP contribution < -0.4 is 0 Å². The Kier molecular flexibility index (Phi) is 5.23. The minimum absolute atomic E-state index is 0.0727. The number of benzene rings is 3. The second kappa shape index (κ2) is 7.55. The highest BCUT2D eigenvalue weighted by Gasteiger charge is 2.55. The van der Waals surface area contributed by atoms with E-state index in [-0.39, 0.29) is 12.2 Å². The summed E-state index contributed by atoms with van der Waals surface area (Å²) in [7, 11) is 0. The van der Waals surface area contributed by atoms with Gasteiger partial charge >= 0.3 is 0 Å². The first-order valence-corrected chi connectivity index (χ1v) is 10.1. The quantitative estimate of drug-likeness (QED) is 0.469. The summed E-state index contributed by atoms with van der Waals surface area (Å²) in [6, 6.07) is 25.0. The van der Waals surface area contributed by atoms with Gasteiger partial charge in [0.2, 0.25) is 0 Å². The van der Waals surface area contributed by atoms with Crippen molar-refractivity contribution in [2.24, 2.45) is 0 Å². The third-order valence-corrected chi connectivity index (χ3v) is 6.03. The zero-order valence-electron chi connectivity index (χ0n) is 15.1. The van der Waals surface area contributed by atoms with E-state index in [0.29, 0.717) is 11.1 Å². The topological polar surface area (TPSA) is 53.2 Å². The Morgan fingerprint density at radius 1 is 0.966 bits per heavy atom. The van der Waals surface area contributed by atoms with E-state index in [4.69, 9.17) is 39.5 Å². The van der Waals surface area contributed by atoms with Gasteiger partial charge in [-0.2, -0.15) is 5.26 Å². The van der Waals surface area contributed by atoms with Crippen molar-refractivity contribution >= 4 is 51.3 Å².